The van der Waals surface area contributed by atoms with E-state index in [9.17, 15) is 9.18 Å². The van der Waals surface area contributed by atoms with Gasteiger partial charge in [-0.25, -0.2) is 9.37 Å². The number of anilines is 1. The highest BCUT2D eigenvalue weighted by molar-refractivity contribution is 7.16. The summed E-state index contributed by atoms with van der Waals surface area (Å²) in [6.45, 7) is 4.06. The van der Waals surface area contributed by atoms with Crippen molar-refractivity contribution in [2.75, 3.05) is 5.32 Å². The highest BCUT2D eigenvalue weighted by Crippen LogP contribution is 2.30. The van der Waals surface area contributed by atoms with Gasteiger partial charge >= 0.3 is 0 Å². The van der Waals surface area contributed by atoms with Gasteiger partial charge in [-0.1, -0.05) is 19.8 Å². The molecule has 3 nitrogen and oxygen atoms in total. The summed E-state index contributed by atoms with van der Waals surface area (Å²) in [5.41, 5.74) is 1.65. The van der Waals surface area contributed by atoms with Crippen LogP contribution in [0.3, 0.4) is 0 Å². The van der Waals surface area contributed by atoms with Gasteiger partial charge in [0, 0.05) is 16.9 Å². The molecule has 0 radical (unpaired) electrons. The van der Waals surface area contributed by atoms with E-state index in [1.807, 2.05) is 6.92 Å². The number of nitrogens with zero attached hydrogens (tertiary/aromatic N) is 1. The van der Waals surface area contributed by atoms with Crippen LogP contribution in [0.15, 0.2) is 24.3 Å². The zero-order valence-corrected chi connectivity index (χ0v) is 13.1. The number of aryl methyl sites for hydroxylation is 1. The number of hydrogen-bond acceptors (Lipinski definition) is 3. The summed E-state index contributed by atoms with van der Waals surface area (Å²) >= 11 is 1.44. The Morgan fingerprint density at radius 1 is 1.29 bits per heavy atom. The van der Waals surface area contributed by atoms with E-state index in [4.69, 9.17) is 0 Å². The molecule has 0 aliphatic rings. The summed E-state index contributed by atoms with van der Waals surface area (Å²) in [6, 6.07) is 6.22. The molecule has 0 unspecified atom stereocenters. The van der Waals surface area contributed by atoms with Crippen LogP contribution in [0.5, 0.6) is 0 Å². The van der Waals surface area contributed by atoms with Crippen molar-refractivity contribution in [3.8, 4) is 11.3 Å². The lowest BCUT2D eigenvalue weighted by molar-refractivity contribution is -0.116. The van der Waals surface area contributed by atoms with Gasteiger partial charge in [-0.3, -0.25) is 4.79 Å². The number of hydrogen-bond donors (Lipinski definition) is 1. The fraction of sp³-hybridized carbons (Fsp3) is 0.375. The van der Waals surface area contributed by atoms with Crippen molar-refractivity contribution in [1.29, 1.82) is 0 Å². The van der Waals surface area contributed by atoms with Gasteiger partial charge in [-0.05, 0) is 37.6 Å². The molecule has 0 aliphatic carbocycles. The standard InChI is InChI=1S/C16H19FN2OS/c1-3-4-5-6-14(20)18-16-19-15(11(2)21-16)12-7-9-13(17)10-8-12/h7-10H,3-6H2,1-2H3,(H,18,19,20). The third kappa shape index (κ3) is 4.36. The zero-order valence-electron chi connectivity index (χ0n) is 12.3. The van der Waals surface area contributed by atoms with Crippen LogP contribution in [0.2, 0.25) is 0 Å². The summed E-state index contributed by atoms with van der Waals surface area (Å²) in [4.78, 5) is 17.2. The third-order valence-electron chi connectivity index (χ3n) is 3.17. The van der Waals surface area contributed by atoms with E-state index in [0.29, 0.717) is 11.6 Å². The maximum Gasteiger partial charge on any atom is 0.226 e. The van der Waals surface area contributed by atoms with Crippen molar-refractivity contribution < 1.29 is 9.18 Å². The Morgan fingerprint density at radius 2 is 2.00 bits per heavy atom. The first-order chi connectivity index (χ1) is 10.1. The van der Waals surface area contributed by atoms with E-state index >= 15 is 0 Å². The lowest BCUT2D eigenvalue weighted by Gasteiger charge is -2.00. The Morgan fingerprint density at radius 3 is 2.67 bits per heavy atom. The Bertz CT molecular complexity index is 607. The topological polar surface area (TPSA) is 42.0 Å². The quantitative estimate of drug-likeness (QED) is 0.781. The van der Waals surface area contributed by atoms with Crippen molar-refractivity contribution in [1.82, 2.24) is 4.98 Å². The van der Waals surface area contributed by atoms with E-state index in [1.54, 1.807) is 12.1 Å². The number of amides is 1. The number of unbranched alkanes of at least 4 members (excludes halogenated alkanes) is 2. The van der Waals surface area contributed by atoms with Gasteiger partial charge in [0.1, 0.15) is 5.82 Å². The van der Waals surface area contributed by atoms with Crippen molar-refractivity contribution >= 4 is 22.4 Å². The zero-order chi connectivity index (χ0) is 15.2. The van der Waals surface area contributed by atoms with Crippen LogP contribution in [-0.2, 0) is 4.79 Å². The number of carbonyl (C=O) groups is 1. The molecule has 0 aliphatic heterocycles. The van der Waals surface area contributed by atoms with Crippen LogP contribution in [0.1, 0.15) is 37.5 Å². The molecule has 2 rings (SSSR count). The van der Waals surface area contributed by atoms with Gasteiger partial charge in [0.25, 0.3) is 0 Å². The minimum absolute atomic E-state index is 0.00264. The summed E-state index contributed by atoms with van der Waals surface area (Å²) < 4.78 is 13.0. The van der Waals surface area contributed by atoms with Crippen molar-refractivity contribution in [2.45, 2.75) is 39.5 Å². The second kappa shape index (κ2) is 7.31. The highest BCUT2D eigenvalue weighted by Gasteiger charge is 2.12. The molecule has 1 N–H and O–H groups in total. The number of benzene rings is 1. The SMILES string of the molecule is CCCCCC(=O)Nc1nc(-c2ccc(F)cc2)c(C)s1. The smallest absolute Gasteiger partial charge is 0.226 e. The largest absolute Gasteiger partial charge is 0.302 e. The van der Waals surface area contributed by atoms with Gasteiger partial charge in [0.2, 0.25) is 5.91 Å². The molecule has 1 heterocycles. The summed E-state index contributed by atoms with van der Waals surface area (Å²) in [5, 5.41) is 3.44. The molecule has 0 saturated carbocycles. The molecule has 1 aromatic carbocycles. The molecule has 0 bridgehead atoms. The van der Waals surface area contributed by atoms with Gasteiger partial charge in [-0.2, -0.15) is 0 Å². The minimum Gasteiger partial charge on any atom is -0.302 e. The average molecular weight is 306 g/mol. The van der Waals surface area contributed by atoms with E-state index < -0.39 is 0 Å². The maximum absolute atomic E-state index is 13.0. The van der Waals surface area contributed by atoms with E-state index in [0.717, 1.165) is 35.4 Å². The van der Waals surface area contributed by atoms with Crippen LogP contribution in [-0.4, -0.2) is 10.9 Å². The van der Waals surface area contributed by atoms with Crippen molar-refractivity contribution in [3.05, 3.63) is 35.0 Å². The number of carbonyl (C=O) groups excluding carboxylic acids is 1. The second-order valence-corrected chi connectivity index (χ2v) is 6.14. The molecule has 2 aromatic rings. The van der Waals surface area contributed by atoms with E-state index in [-0.39, 0.29) is 11.7 Å². The van der Waals surface area contributed by atoms with Crippen LogP contribution in [0.25, 0.3) is 11.3 Å². The van der Waals surface area contributed by atoms with Gasteiger partial charge in [0.15, 0.2) is 5.13 Å². The Labute approximate surface area is 128 Å². The number of rotatable bonds is 6. The van der Waals surface area contributed by atoms with Crippen molar-refractivity contribution in [3.63, 3.8) is 0 Å². The molecule has 0 saturated heterocycles. The second-order valence-electron chi connectivity index (χ2n) is 4.94. The number of thiazole rings is 1. The normalized spacial score (nSPS) is 10.6. The summed E-state index contributed by atoms with van der Waals surface area (Å²) in [6.07, 6.45) is 3.58. The molecular formula is C16H19FN2OS. The van der Waals surface area contributed by atoms with Crippen molar-refractivity contribution in [2.24, 2.45) is 0 Å². The molecule has 0 spiro atoms. The molecule has 1 amide bonds. The predicted molar refractivity (Wildman–Crippen MR) is 85.0 cm³/mol. The lowest BCUT2D eigenvalue weighted by Crippen LogP contribution is -2.10. The maximum atomic E-state index is 13.0. The van der Waals surface area contributed by atoms with Gasteiger partial charge in [0.05, 0.1) is 5.69 Å². The fourth-order valence-electron chi connectivity index (χ4n) is 2.04. The van der Waals surface area contributed by atoms with Crippen LogP contribution < -0.4 is 5.32 Å². The van der Waals surface area contributed by atoms with E-state index in [2.05, 4.69) is 17.2 Å². The Balaban J connectivity index is 2.05. The summed E-state index contributed by atoms with van der Waals surface area (Å²) in [7, 11) is 0. The molecule has 21 heavy (non-hydrogen) atoms. The average Bonchev–Trinajstić information content (AvgIpc) is 2.80. The summed E-state index contributed by atoms with van der Waals surface area (Å²) in [5.74, 6) is -0.265. The van der Waals surface area contributed by atoms with Crippen LogP contribution >= 0.6 is 11.3 Å². The third-order valence-corrected chi connectivity index (χ3v) is 4.05. The van der Waals surface area contributed by atoms with Gasteiger partial charge in [-0.15, -0.1) is 11.3 Å². The molecular weight excluding hydrogens is 287 g/mol. The first-order valence-electron chi connectivity index (χ1n) is 7.13. The molecule has 1 aromatic heterocycles. The number of aromatic nitrogens is 1. The van der Waals surface area contributed by atoms with Gasteiger partial charge < -0.3 is 5.32 Å². The minimum atomic E-state index is -0.268. The molecule has 0 fully saturated rings. The van der Waals surface area contributed by atoms with Crippen LogP contribution in [0, 0.1) is 12.7 Å². The van der Waals surface area contributed by atoms with Crippen LogP contribution in [0.4, 0.5) is 9.52 Å². The molecule has 0 atom stereocenters. The van der Waals surface area contributed by atoms with E-state index in [1.165, 1.54) is 23.5 Å². The monoisotopic (exact) mass is 306 g/mol. The highest BCUT2D eigenvalue weighted by atomic mass is 32.1. The molecule has 112 valence electrons. The fourth-order valence-corrected chi connectivity index (χ4v) is 2.89. The number of halogens is 1. The lowest BCUT2D eigenvalue weighted by atomic mass is 10.1. The first kappa shape index (κ1) is 15.6. The molecule has 5 heteroatoms. The Kier molecular flexibility index (Phi) is 5.44. The predicted octanol–water partition coefficient (Wildman–Crippen LogP) is 4.78. The Hall–Kier alpha value is -1.75. The number of nitrogens with one attached hydrogen (secondary N) is 1. The first-order valence-corrected chi connectivity index (χ1v) is 7.95.